The Morgan fingerprint density at radius 3 is 2.15 bits per heavy atom. The molecule has 34 heavy (non-hydrogen) atoms. The third kappa shape index (κ3) is 5.05. The summed E-state index contributed by atoms with van der Waals surface area (Å²) in [5.41, 5.74) is -2.34. The molecule has 7 nitrogen and oxygen atoms in total. The van der Waals surface area contributed by atoms with E-state index >= 15 is 0 Å². The van der Waals surface area contributed by atoms with E-state index in [0.29, 0.717) is 5.82 Å². The Balaban J connectivity index is 2.10. The lowest BCUT2D eigenvalue weighted by Gasteiger charge is -2.23. The maximum atomic E-state index is 13.6. The fraction of sp³-hybridized carbons (Fsp3) is 0.417. The van der Waals surface area contributed by atoms with Gasteiger partial charge in [0.2, 0.25) is 5.43 Å². The largest absolute Gasteiger partial charge is 0.418 e. The Morgan fingerprint density at radius 1 is 0.971 bits per heavy atom. The average molecular weight is 476 g/mol. The first kappa shape index (κ1) is 25.2. The van der Waals surface area contributed by atoms with Gasteiger partial charge in [0.25, 0.3) is 5.91 Å². The van der Waals surface area contributed by atoms with Crippen LogP contribution in [-0.2, 0) is 17.1 Å². The van der Waals surface area contributed by atoms with Crippen molar-refractivity contribution in [2.75, 3.05) is 5.32 Å². The van der Waals surface area contributed by atoms with E-state index in [0.717, 1.165) is 22.5 Å². The topological polar surface area (TPSA) is 81.8 Å². The van der Waals surface area contributed by atoms with Gasteiger partial charge >= 0.3 is 6.18 Å². The van der Waals surface area contributed by atoms with Crippen molar-refractivity contribution in [2.24, 2.45) is 0 Å². The van der Waals surface area contributed by atoms with Crippen molar-refractivity contribution >= 4 is 11.7 Å². The molecule has 10 heteroatoms. The zero-order valence-corrected chi connectivity index (χ0v) is 20.2. The van der Waals surface area contributed by atoms with E-state index in [1.54, 1.807) is 10.7 Å². The normalized spacial score (nSPS) is 12.6. The molecule has 3 aromatic rings. The number of hydrogen-bond donors (Lipinski definition) is 1. The summed E-state index contributed by atoms with van der Waals surface area (Å²) in [6, 6.07) is 7.66. The minimum absolute atomic E-state index is 0.160. The van der Waals surface area contributed by atoms with Crippen LogP contribution in [0.5, 0.6) is 0 Å². The molecule has 0 spiro atoms. The first-order chi connectivity index (χ1) is 15.5. The lowest BCUT2D eigenvalue weighted by Crippen LogP contribution is -2.30. The van der Waals surface area contributed by atoms with E-state index in [-0.39, 0.29) is 16.8 Å². The molecule has 1 aromatic carbocycles. The number of carbonyl (C=O) groups is 1. The molecule has 0 saturated heterocycles. The van der Waals surface area contributed by atoms with Crippen LogP contribution in [0.25, 0.3) is 5.69 Å². The fourth-order valence-electron chi connectivity index (χ4n) is 3.37. The van der Waals surface area contributed by atoms with Crippen molar-refractivity contribution in [3.63, 3.8) is 0 Å². The molecule has 3 rings (SSSR count). The van der Waals surface area contributed by atoms with E-state index < -0.39 is 34.3 Å². The second-order valence-electron chi connectivity index (χ2n) is 10.1. The Hall–Kier alpha value is -3.43. The van der Waals surface area contributed by atoms with Gasteiger partial charge in [0.05, 0.1) is 22.5 Å². The molecule has 182 valence electrons. The second kappa shape index (κ2) is 8.41. The third-order valence-corrected chi connectivity index (χ3v) is 5.11. The minimum atomic E-state index is -4.64. The highest BCUT2D eigenvalue weighted by molar-refractivity contribution is 6.02. The van der Waals surface area contributed by atoms with Crippen molar-refractivity contribution in [3.05, 3.63) is 69.3 Å². The van der Waals surface area contributed by atoms with Gasteiger partial charge in [-0.05, 0) is 39.8 Å². The highest BCUT2D eigenvalue weighted by atomic mass is 19.4. The number of carbonyl (C=O) groups excluding carboxylic acids is 1. The number of aromatic nitrogens is 4. The van der Waals surface area contributed by atoms with E-state index in [1.165, 1.54) is 25.1 Å². The summed E-state index contributed by atoms with van der Waals surface area (Å²) in [6.07, 6.45) is -4.64. The predicted molar refractivity (Wildman–Crippen MR) is 123 cm³/mol. The van der Waals surface area contributed by atoms with Gasteiger partial charge in [0, 0.05) is 23.2 Å². The number of halogens is 3. The number of rotatable bonds is 3. The van der Waals surface area contributed by atoms with Gasteiger partial charge in [-0.1, -0.05) is 32.9 Å². The first-order valence-corrected chi connectivity index (χ1v) is 10.7. The van der Waals surface area contributed by atoms with E-state index in [2.05, 4.69) is 15.5 Å². The fourth-order valence-corrected chi connectivity index (χ4v) is 3.37. The molecule has 0 bridgehead atoms. The highest BCUT2D eigenvalue weighted by Gasteiger charge is 2.34. The summed E-state index contributed by atoms with van der Waals surface area (Å²) in [5, 5.41) is 11.3. The van der Waals surface area contributed by atoms with Crippen molar-refractivity contribution < 1.29 is 18.0 Å². The summed E-state index contributed by atoms with van der Waals surface area (Å²) in [4.78, 5) is 25.7. The van der Waals surface area contributed by atoms with Gasteiger partial charge in [-0.25, -0.2) is 9.36 Å². The Kier molecular flexibility index (Phi) is 6.23. The quantitative estimate of drug-likeness (QED) is 0.574. The van der Waals surface area contributed by atoms with Crippen LogP contribution in [0.4, 0.5) is 19.0 Å². The molecule has 1 N–H and O–H groups in total. The zero-order chi connectivity index (χ0) is 25.6. The average Bonchev–Trinajstić information content (AvgIpc) is 3.12. The summed E-state index contributed by atoms with van der Waals surface area (Å²) in [7, 11) is 0. The van der Waals surface area contributed by atoms with E-state index in [1.807, 2.05) is 41.5 Å². The molecule has 2 heterocycles. The molecular formula is C24H28F3N5O2. The van der Waals surface area contributed by atoms with Crippen LogP contribution in [0.15, 0.2) is 41.2 Å². The van der Waals surface area contributed by atoms with Gasteiger partial charge in [-0.15, -0.1) is 0 Å². The molecule has 0 saturated carbocycles. The Labute approximate surface area is 195 Å². The van der Waals surface area contributed by atoms with Gasteiger partial charge < -0.3 is 5.32 Å². The molecule has 0 aliphatic carbocycles. The van der Waals surface area contributed by atoms with Crippen LogP contribution in [0.3, 0.4) is 0 Å². The highest BCUT2D eigenvalue weighted by Crippen LogP contribution is 2.34. The Morgan fingerprint density at radius 2 is 1.59 bits per heavy atom. The van der Waals surface area contributed by atoms with Crippen LogP contribution < -0.4 is 10.7 Å². The predicted octanol–water partition coefficient (Wildman–Crippen LogP) is 5.06. The number of benzene rings is 1. The molecule has 2 aromatic heterocycles. The number of hydrogen-bond acceptors (Lipinski definition) is 4. The first-order valence-electron chi connectivity index (χ1n) is 10.7. The Bertz CT molecular complexity index is 1290. The second-order valence-corrected chi connectivity index (χ2v) is 10.1. The molecule has 0 fully saturated rings. The lowest BCUT2D eigenvalue weighted by atomic mass is 9.92. The SMILES string of the molecule is Cc1cc(=O)c(C(=O)Nc2cc(C(C)(C)C)nn2C(C)(C)C)nn1-c1ccccc1C(F)(F)F. The van der Waals surface area contributed by atoms with Crippen LogP contribution >= 0.6 is 0 Å². The summed E-state index contributed by atoms with van der Waals surface area (Å²) < 4.78 is 43.3. The van der Waals surface area contributed by atoms with Crippen molar-refractivity contribution in [2.45, 2.75) is 65.6 Å². The summed E-state index contributed by atoms with van der Waals surface area (Å²) in [6.45, 7) is 13.1. The number of nitrogens with zero attached hydrogens (tertiary/aromatic N) is 4. The van der Waals surface area contributed by atoms with Gasteiger partial charge in [0.1, 0.15) is 5.82 Å². The molecule has 0 aliphatic rings. The number of anilines is 1. The molecule has 0 unspecified atom stereocenters. The third-order valence-electron chi connectivity index (χ3n) is 5.11. The van der Waals surface area contributed by atoms with Crippen LogP contribution in [-0.4, -0.2) is 25.5 Å². The number of amides is 1. The summed E-state index contributed by atoms with van der Waals surface area (Å²) in [5.74, 6) is -0.486. The molecule has 0 aliphatic heterocycles. The molecular weight excluding hydrogens is 447 g/mol. The van der Waals surface area contributed by atoms with E-state index in [9.17, 15) is 22.8 Å². The van der Waals surface area contributed by atoms with Crippen molar-refractivity contribution in [3.8, 4) is 5.69 Å². The van der Waals surface area contributed by atoms with Gasteiger partial charge in [-0.2, -0.15) is 23.4 Å². The van der Waals surface area contributed by atoms with Crippen LogP contribution in [0.1, 0.15) is 69.0 Å². The minimum Gasteiger partial charge on any atom is -0.305 e. The standard InChI is InChI=1S/C24H28F3N5O2/c1-14-12-17(33)20(30-31(14)16-11-9-8-10-15(16)24(25,26)27)21(34)28-19-13-18(22(2,3)4)29-32(19)23(5,6)7/h8-13H,1-7H3,(H,28,34). The van der Waals surface area contributed by atoms with E-state index in [4.69, 9.17) is 0 Å². The van der Waals surface area contributed by atoms with Crippen molar-refractivity contribution in [1.82, 2.24) is 19.6 Å². The smallest absolute Gasteiger partial charge is 0.305 e. The van der Waals surface area contributed by atoms with Crippen LogP contribution in [0.2, 0.25) is 0 Å². The van der Waals surface area contributed by atoms with Crippen LogP contribution in [0, 0.1) is 6.92 Å². The van der Waals surface area contributed by atoms with Crippen molar-refractivity contribution in [1.29, 1.82) is 0 Å². The van der Waals surface area contributed by atoms with Gasteiger partial charge in [-0.3, -0.25) is 9.59 Å². The molecule has 0 radical (unpaired) electrons. The monoisotopic (exact) mass is 475 g/mol. The lowest BCUT2D eigenvalue weighted by molar-refractivity contribution is -0.137. The van der Waals surface area contributed by atoms with Gasteiger partial charge in [0.15, 0.2) is 5.69 Å². The number of nitrogens with one attached hydrogen (secondary N) is 1. The number of aryl methyl sites for hydroxylation is 1. The maximum absolute atomic E-state index is 13.6. The number of alkyl halides is 3. The zero-order valence-electron chi connectivity index (χ0n) is 20.2. The number of para-hydroxylation sites is 1. The maximum Gasteiger partial charge on any atom is 0.418 e. The summed E-state index contributed by atoms with van der Waals surface area (Å²) >= 11 is 0. The molecule has 0 atom stereocenters. The molecule has 1 amide bonds.